The number of carboxylic acids is 2. The molecule has 0 aliphatic rings. The lowest BCUT2D eigenvalue weighted by Crippen LogP contribution is -2.17. The molecule has 0 bridgehead atoms. The largest absolute Gasteiger partial charge is 0.507 e. The van der Waals surface area contributed by atoms with Gasteiger partial charge in [0, 0.05) is 64.9 Å². The Hall–Kier alpha value is -5.45. The van der Waals surface area contributed by atoms with Gasteiger partial charge < -0.3 is 30.9 Å². The summed E-state index contributed by atoms with van der Waals surface area (Å²) in [6.45, 7) is 12.3. The van der Waals surface area contributed by atoms with Crippen LogP contribution in [0.5, 0.6) is 5.75 Å². The van der Waals surface area contributed by atoms with Gasteiger partial charge in [0.15, 0.2) is 0 Å². The van der Waals surface area contributed by atoms with E-state index in [4.69, 9.17) is 15.2 Å². The van der Waals surface area contributed by atoms with E-state index in [0.717, 1.165) is 27.8 Å². The average Bonchev–Trinajstić information content (AvgIpc) is 3.46. The monoisotopic (exact) mass is 682 g/mol. The van der Waals surface area contributed by atoms with Crippen LogP contribution in [0.1, 0.15) is 91.2 Å². The molecule has 0 aliphatic carbocycles. The number of aromatic nitrogens is 2. The van der Waals surface area contributed by atoms with Gasteiger partial charge in [0.05, 0.1) is 11.4 Å². The number of phenols is 1. The van der Waals surface area contributed by atoms with Crippen molar-refractivity contribution >= 4 is 35.1 Å². The Morgan fingerprint density at radius 1 is 0.640 bits per heavy atom. The maximum absolute atomic E-state index is 12.4. The number of hydrogen-bond donors (Lipinski definition) is 6. The molecule has 264 valence electrons. The van der Waals surface area contributed by atoms with Gasteiger partial charge >= 0.3 is 11.9 Å². The molecule has 1 aromatic heterocycles. The molecule has 0 saturated heterocycles. The summed E-state index contributed by atoms with van der Waals surface area (Å²) in [6.07, 6.45) is 0.536. The fourth-order valence-corrected chi connectivity index (χ4v) is 5.52. The number of aliphatic carboxylic acids is 2. The SMILES string of the molecule is CC(C)(C)c1cc(-c2nc(-c3ccc(NC(=O)CCCC(=O)O)cc3)c(-c3ccc(NC(=O)CCCC(=O)O)cc3)[nH]2)cc(C(C)(C)C)c1O. The summed E-state index contributed by atoms with van der Waals surface area (Å²) in [7, 11) is 0. The molecule has 4 aromatic rings. The molecule has 0 atom stereocenters. The molecule has 0 spiro atoms. The molecule has 2 amide bonds. The Morgan fingerprint density at radius 3 is 1.46 bits per heavy atom. The molecule has 11 heteroatoms. The van der Waals surface area contributed by atoms with Crippen LogP contribution >= 0.6 is 0 Å². The zero-order chi connectivity index (χ0) is 36.8. The summed E-state index contributed by atoms with van der Waals surface area (Å²) >= 11 is 0. The summed E-state index contributed by atoms with van der Waals surface area (Å²) in [6, 6.07) is 18.4. The molecular weight excluding hydrogens is 636 g/mol. The fourth-order valence-electron chi connectivity index (χ4n) is 5.52. The van der Waals surface area contributed by atoms with E-state index in [0.29, 0.717) is 28.6 Å². The van der Waals surface area contributed by atoms with Crippen molar-refractivity contribution in [2.75, 3.05) is 10.6 Å². The van der Waals surface area contributed by atoms with Crippen LogP contribution in [-0.2, 0) is 30.0 Å². The second-order valence-corrected chi connectivity index (χ2v) is 14.5. The number of imidazole rings is 1. The molecule has 50 heavy (non-hydrogen) atoms. The molecule has 3 aromatic carbocycles. The van der Waals surface area contributed by atoms with Crippen LogP contribution in [0.4, 0.5) is 11.4 Å². The number of carbonyl (C=O) groups excluding carboxylic acids is 2. The van der Waals surface area contributed by atoms with Gasteiger partial charge in [0.1, 0.15) is 11.6 Å². The Labute approximate surface area is 292 Å². The van der Waals surface area contributed by atoms with Gasteiger partial charge in [0.25, 0.3) is 0 Å². The number of phenolic OH excluding ortho intramolecular Hbond substituents is 1. The highest BCUT2D eigenvalue weighted by Gasteiger charge is 2.28. The highest BCUT2D eigenvalue weighted by molar-refractivity contribution is 5.92. The second kappa shape index (κ2) is 15.4. The number of H-pyrrole nitrogens is 1. The molecular formula is C39H46N4O7. The van der Waals surface area contributed by atoms with Crippen molar-refractivity contribution in [3.63, 3.8) is 0 Å². The normalized spacial score (nSPS) is 11.6. The van der Waals surface area contributed by atoms with Crippen LogP contribution in [0.3, 0.4) is 0 Å². The lowest BCUT2D eigenvalue weighted by Gasteiger charge is -2.28. The zero-order valence-electron chi connectivity index (χ0n) is 29.4. The lowest BCUT2D eigenvalue weighted by molar-refractivity contribution is -0.138. The summed E-state index contributed by atoms with van der Waals surface area (Å²) < 4.78 is 0. The number of carbonyl (C=O) groups is 4. The van der Waals surface area contributed by atoms with Gasteiger partial charge in [-0.05, 0) is 60.1 Å². The van der Waals surface area contributed by atoms with E-state index in [1.54, 1.807) is 24.3 Å². The number of anilines is 2. The first kappa shape index (κ1) is 37.4. The van der Waals surface area contributed by atoms with Crippen molar-refractivity contribution < 1.29 is 34.5 Å². The molecule has 6 N–H and O–H groups in total. The molecule has 0 saturated carbocycles. The molecule has 0 unspecified atom stereocenters. The summed E-state index contributed by atoms with van der Waals surface area (Å²) in [4.78, 5) is 54.9. The van der Waals surface area contributed by atoms with E-state index in [9.17, 15) is 24.3 Å². The van der Waals surface area contributed by atoms with Crippen LogP contribution in [0, 0.1) is 0 Å². The Bertz CT molecular complexity index is 1730. The van der Waals surface area contributed by atoms with Gasteiger partial charge in [-0.3, -0.25) is 19.2 Å². The highest BCUT2D eigenvalue weighted by atomic mass is 16.4. The third kappa shape index (κ3) is 9.81. The first-order valence-corrected chi connectivity index (χ1v) is 16.6. The Kier molecular flexibility index (Phi) is 11.5. The zero-order valence-corrected chi connectivity index (χ0v) is 29.4. The van der Waals surface area contributed by atoms with E-state index >= 15 is 0 Å². The average molecular weight is 683 g/mol. The lowest BCUT2D eigenvalue weighted by atomic mass is 9.78. The molecule has 0 aliphatic heterocycles. The smallest absolute Gasteiger partial charge is 0.303 e. The van der Waals surface area contributed by atoms with Gasteiger partial charge in [0.2, 0.25) is 11.8 Å². The second-order valence-electron chi connectivity index (χ2n) is 14.5. The van der Waals surface area contributed by atoms with Crippen molar-refractivity contribution in [3.8, 4) is 39.7 Å². The minimum atomic E-state index is -0.944. The maximum Gasteiger partial charge on any atom is 0.303 e. The highest BCUT2D eigenvalue weighted by Crippen LogP contribution is 2.43. The minimum absolute atomic E-state index is 0.0764. The van der Waals surface area contributed by atoms with Gasteiger partial charge in [-0.15, -0.1) is 0 Å². The third-order valence-electron chi connectivity index (χ3n) is 8.19. The minimum Gasteiger partial charge on any atom is -0.507 e. The first-order chi connectivity index (χ1) is 23.4. The summed E-state index contributed by atoms with van der Waals surface area (Å²) in [5.41, 5.74) is 5.77. The van der Waals surface area contributed by atoms with E-state index in [1.807, 2.05) is 36.4 Å². The van der Waals surface area contributed by atoms with Crippen LogP contribution in [0.15, 0.2) is 60.7 Å². The quantitative estimate of drug-likeness (QED) is 0.0818. The third-order valence-corrected chi connectivity index (χ3v) is 8.19. The van der Waals surface area contributed by atoms with E-state index in [2.05, 4.69) is 57.2 Å². The molecule has 0 radical (unpaired) electrons. The number of aromatic hydroxyl groups is 1. The van der Waals surface area contributed by atoms with Gasteiger partial charge in [-0.2, -0.15) is 0 Å². The molecule has 0 fully saturated rings. The van der Waals surface area contributed by atoms with Crippen molar-refractivity contribution in [2.45, 2.75) is 90.9 Å². The summed E-state index contributed by atoms with van der Waals surface area (Å²) in [5, 5.41) is 34.7. The molecule has 11 nitrogen and oxygen atoms in total. The van der Waals surface area contributed by atoms with Crippen LogP contribution in [0.2, 0.25) is 0 Å². The number of aromatic amines is 1. The van der Waals surface area contributed by atoms with Gasteiger partial charge in [-0.1, -0.05) is 65.8 Å². The number of benzene rings is 3. The first-order valence-electron chi connectivity index (χ1n) is 16.6. The van der Waals surface area contributed by atoms with Crippen LogP contribution < -0.4 is 10.6 Å². The van der Waals surface area contributed by atoms with E-state index in [-0.39, 0.29) is 66.9 Å². The maximum atomic E-state index is 12.4. The van der Waals surface area contributed by atoms with Gasteiger partial charge in [-0.25, -0.2) is 4.98 Å². The Morgan fingerprint density at radius 2 is 1.06 bits per heavy atom. The van der Waals surface area contributed by atoms with Crippen LogP contribution in [-0.4, -0.2) is 49.0 Å². The molecule has 1 heterocycles. The van der Waals surface area contributed by atoms with Crippen molar-refractivity contribution in [1.82, 2.24) is 9.97 Å². The predicted molar refractivity (Wildman–Crippen MR) is 194 cm³/mol. The number of carboxylic acid groups (broad SMARTS) is 2. The number of nitrogens with one attached hydrogen (secondary N) is 3. The molecule has 4 rings (SSSR count). The predicted octanol–water partition coefficient (Wildman–Crippen LogP) is 8.10. The number of nitrogens with zero attached hydrogens (tertiary/aromatic N) is 1. The number of amides is 2. The van der Waals surface area contributed by atoms with Crippen molar-refractivity contribution in [1.29, 1.82) is 0 Å². The van der Waals surface area contributed by atoms with Crippen LogP contribution in [0.25, 0.3) is 33.9 Å². The number of rotatable bonds is 13. The Balaban J connectivity index is 1.73. The summed E-state index contributed by atoms with van der Waals surface area (Å²) in [5.74, 6) is -1.57. The standard InChI is InChI=1S/C39H46N4O7/c1-38(2,3)28-21-25(22-29(36(28)50)39(4,5)6)37-42-34(23-13-17-26(18-14-23)40-30(44)9-7-11-32(46)47)35(43-37)24-15-19-27(20-16-24)41-31(45)10-8-12-33(48)49/h13-22,50H,7-12H2,1-6H3,(H,40,44)(H,41,45)(H,42,43)(H,46,47)(H,48,49). The van der Waals surface area contributed by atoms with E-state index in [1.165, 1.54) is 0 Å². The van der Waals surface area contributed by atoms with Crippen molar-refractivity contribution in [3.05, 3.63) is 71.8 Å². The fraction of sp³-hybridized carbons (Fsp3) is 0.359. The van der Waals surface area contributed by atoms with E-state index < -0.39 is 11.9 Å². The number of hydrogen-bond acceptors (Lipinski definition) is 6. The topological polar surface area (TPSA) is 182 Å². The van der Waals surface area contributed by atoms with Crippen molar-refractivity contribution in [2.24, 2.45) is 0 Å².